The Morgan fingerprint density at radius 2 is 1.49 bits per heavy atom. The minimum absolute atomic E-state index is 0.0449. The topological polar surface area (TPSA) is 91.3 Å². The van der Waals surface area contributed by atoms with Crippen LogP contribution >= 0.6 is 0 Å². The first-order chi connectivity index (χ1) is 19.6. The number of benzene rings is 3. The zero-order valence-corrected chi connectivity index (χ0v) is 24.2. The van der Waals surface area contributed by atoms with Gasteiger partial charge in [0.15, 0.2) is 11.6 Å². The lowest BCUT2D eigenvalue weighted by atomic mass is 9.79. The Morgan fingerprint density at radius 1 is 0.902 bits per heavy atom. The quantitative estimate of drug-likeness (QED) is 0.177. The molecule has 0 saturated carbocycles. The molecule has 212 valence electrons. The summed E-state index contributed by atoms with van der Waals surface area (Å²) in [5, 5.41) is 4.51. The third-order valence-electron chi connectivity index (χ3n) is 7.97. The number of oxime groups is 1. The largest absolute Gasteiger partial charge is 0.487 e. The highest BCUT2D eigenvalue weighted by Crippen LogP contribution is 2.46. The smallest absolute Gasteiger partial charge is 0.308 e. The molecule has 3 aromatic carbocycles. The molecule has 0 aliphatic carbocycles. The van der Waals surface area contributed by atoms with Crippen molar-refractivity contribution in [3.05, 3.63) is 94.0 Å². The molecule has 7 nitrogen and oxygen atoms in total. The Kier molecular flexibility index (Phi) is 7.80. The highest BCUT2D eigenvalue weighted by Gasteiger charge is 2.43. The molecule has 7 heteroatoms. The van der Waals surface area contributed by atoms with Crippen LogP contribution in [0.2, 0.25) is 0 Å². The monoisotopic (exact) mass is 553 g/mol. The Hall–Kier alpha value is -4.26. The Morgan fingerprint density at radius 3 is 2.07 bits per heavy atom. The van der Waals surface area contributed by atoms with Crippen molar-refractivity contribution in [3.63, 3.8) is 0 Å². The summed E-state index contributed by atoms with van der Waals surface area (Å²) in [5.41, 5.74) is 4.40. The van der Waals surface area contributed by atoms with E-state index in [-0.39, 0.29) is 30.0 Å². The fraction of sp³-hybridized carbons (Fsp3) is 0.353. The Balaban J connectivity index is 1.61. The number of esters is 1. The van der Waals surface area contributed by atoms with E-state index in [4.69, 9.17) is 14.3 Å². The molecule has 3 aromatic rings. The van der Waals surface area contributed by atoms with Gasteiger partial charge in [-0.05, 0) is 51.7 Å². The second-order valence-corrected chi connectivity index (χ2v) is 11.4. The van der Waals surface area contributed by atoms with Crippen molar-refractivity contribution in [2.24, 2.45) is 11.1 Å². The number of rotatable bonds is 8. The van der Waals surface area contributed by atoms with E-state index >= 15 is 0 Å². The molecule has 41 heavy (non-hydrogen) atoms. The molecular weight excluding hydrogens is 518 g/mol. The van der Waals surface area contributed by atoms with Crippen LogP contribution in [-0.4, -0.2) is 35.0 Å². The van der Waals surface area contributed by atoms with E-state index in [0.29, 0.717) is 34.6 Å². The highest BCUT2D eigenvalue weighted by molar-refractivity contribution is 6.11. The zero-order valence-electron chi connectivity index (χ0n) is 24.2. The third-order valence-corrected chi connectivity index (χ3v) is 7.97. The number of hydrogen-bond donors (Lipinski definition) is 0. The lowest BCUT2D eigenvalue weighted by molar-refractivity contribution is -0.131. The fourth-order valence-corrected chi connectivity index (χ4v) is 5.62. The SMILES string of the molecule is CC(=O)Oc1c(C)c(C)c2c(c1C1=NO[C@@H](CC(=O)c3ccccc3)[C@H]1CC(=O)c1ccccc1)CCC(C)(C)O2. The number of carbonyl (C=O) groups is 3. The Labute approximate surface area is 240 Å². The van der Waals surface area contributed by atoms with Crippen LogP contribution in [0, 0.1) is 19.8 Å². The van der Waals surface area contributed by atoms with Gasteiger partial charge in [0.1, 0.15) is 23.2 Å². The van der Waals surface area contributed by atoms with Crippen molar-refractivity contribution >= 4 is 23.2 Å². The zero-order chi connectivity index (χ0) is 29.3. The fourth-order valence-electron chi connectivity index (χ4n) is 5.62. The number of nitrogens with zero attached hydrogens (tertiary/aromatic N) is 1. The standard InChI is InChI=1S/C34H35NO6/c1-20-21(2)33(39-22(3)36)30(25-16-17-34(4,5)40-32(20)25)31-26(18-27(37)23-12-8-6-9-13-23)29(41-35-31)19-28(38)24-14-10-7-11-15-24/h6-15,26,29H,16-19H2,1-5H3/t26-,29+/m1/s1. The van der Waals surface area contributed by atoms with Gasteiger partial charge < -0.3 is 14.3 Å². The summed E-state index contributed by atoms with van der Waals surface area (Å²) in [6.07, 6.45) is 0.853. The summed E-state index contributed by atoms with van der Waals surface area (Å²) in [7, 11) is 0. The summed E-state index contributed by atoms with van der Waals surface area (Å²) in [6, 6.07) is 18.1. The van der Waals surface area contributed by atoms with Gasteiger partial charge in [0.05, 0.1) is 18.1 Å². The average molecular weight is 554 g/mol. The van der Waals surface area contributed by atoms with E-state index in [0.717, 1.165) is 28.9 Å². The number of fused-ring (bicyclic) bond motifs is 1. The first-order valence-corrected chi connectivity index (χ1v) is 14.0. The molecule has 2 aliphatic rings. The van der Waals surface area contributed by atoms with Crippen LogP contribution in [0.25, 0.3) is 0 Å². The van der Waals surface area contributed by atoms with Crippen molar-refractivity contribution in [1.29, 1.82) is 0 Å². The summed E-state index contributed by atoms with van der Waals surface area (Å²) >= 11 is 0. The first kappa shape index (κ1) is 28.3. The molecule has 2 atom stereocenters. The van der Waals surface area contributed by atoms with Crippen molar-refractivity contribution in [2.45, 2.75) is 72.0 Å². The van der Waals surface area contributed by atoms with Crippen molar-refractivity contribution in [2.75, 3.05) is 0 Å². The normalized spacial score (nSPS) is 18.9. The van der Waals surface area contributed by atoms with E-state index in [1.165, 1.54) is 6.92 Å². The molecule has 0 aromatic heterocycles. The second kappa shape index (κ2) is 11.3. The molecule has 0 amide bonds. The molecule has 2 heterocycles. The average Bonchev–Trinajstić information content (AvgIpc) is 3.33. The highest BCUT2D eigenvalue weighted by atomic mass is 16.6. The number of ketones is 2. The molecule has 0 saturated heterocycles. The predicted octanol–water partition coefficient (Wildman–Crippen LogP) is 6.60. The van der Waals surface area contributed by atoms with E-state index in [1.807, 2.05) is 64.1 Å². The lowest BCUT2D eigenvalue weighted by Crippen LogP contribution is -2.35. The van der Waals surface area contributed by atoms with Gasteiger partial charge in [-0.15, -0.1) is 0 Å². The van der Waals surface area contributed by atoms with Crippen molar-refractivity contribution in [1.82, 2.24) is 0 Å². The summed E-state index contributed by atoms with van der Waals surface area (Å²) in [6.45, 7) is 9.30. The maximum Gasteiger partial charge on any atom is 0.308 e. The van der Waals surface area contributed by atoms with Crippen LogP contribution in [0.4, 0.5) is 0 Å². The van der Waals surface area contributed by atoms with E-state index in [9.17, 15) is 14.4 Å². The van der Waals surface area contributed by atoms with Crippen LogP contribution in [0.1, 0.15) is 83.0 Å². The maximum atomic E-state index is 13.5. The van der Waals surface area contributed by atoms with Gasteiger partial charge in [0.2, 0.25) is 0 Å². The molecule has 0 unspecified atom stereocenters. The van der Waals surface area contributed by atoms with Gasteiger partial charge in [-0.25, -0.2) is 0 Å². The molecule has 0 radical (unpaired) electrons. The number of Topliss-reactive ketones (excluding diaryl/α,β-unsaturated/α-hetero) is 2. The van der Waals surface area contributed by atoms with E-state index in [1.54, 1.807) is 24.3 Å². The van der Waals surface area contributed by atoms with Gasteiger partial charge in [-0.1, -0.05) is 65.8 Å². The number of carbonyl (C=O) groups excluding carboxylic acids is 3. The summed E-state index contributed by atoms with van der Waals surface area (Å²) in [5.74, 6) is -0.0635. The molecule has 5 rings (SSSR count). The van der Waals surface area contributed by atoms with Crippen LogP contribution in [-0.2, 0) is 16.1 Å². The molecule has 0 spiro atoms. The van der Waals surface area contributed by atoms with Gasteiger partial charge >= 0.3 is 5.97 Å². The van der Waals surface area contributed by atoms with E-state index in [2.05, 4.69) is 5.16 Å². The molecule has 0 fully saturated rings. The van der Waals surface area contributed by atoms with Crippen molar-refractivity contribution < 1.29 is 28.7 Å². The van der Waals surface area contributed by atoms with Gasteiger partial charge in [-0.3, -0.25) is 14.4 Å². The third kappa shape index (κ3) is 5.80. The molecular formula is C34H35NO6. The number of hydrogen-bond acceptors (Lipinski definition) is 7. The van der Waals surface area contributed by atoms with Gasteiger partial charge in [-0.2, -0.15) is 0 Å². The minimum Gasteiger partial charge on any atom is -0.487 e. The van der Waals surface area contributed by atoms with Crippen LogP contribution in [0.3, 0.4) is 0 Å². The Bertz CT molecular complexity index is 1520. The van der Waals surface area contributed by atoms with E-state index < -0.39 is 18.0 Å². The molecule has 2 aliphatic heterocycles. The maximum absolute atomic E-state index is 13.5. The van der Waals surface area contributed by atoms with Crippen LogP contribution in [0.15, 0.2) is 65.8 Å². The summed E-state index contributed by atoms with van der Waals surface area (Å²) < 4.78 is 12.3. The predicted molar refractivity (Wildman–Crippen MR) is 156 cm³/mol. The first-order valence-electron chi connectivity index (χ1n) is 14.0. The van der Waals surface area contributed by atoms with Gasteiger partial charge in [0.25, 0.3) is 0 Å². The van der Waals surface area contributed by atoms with Crippen molar-refractivity contribution in [3.8, 4) is 11.5 Å². The summed E-state index contributed by atoms with van der Waals surface area (Å²) in [4.78, 5) is 45.0. The van der Waals surface area contributed by atoms with Crippen LogP contribution < -0.4 is 9.47 Å². The number of ether oxygens (including phenoxy) is 2. The lowest BCUT2D eigenvalue weighted by Gasteiger charge is -2.36. The minimum atomic E-state index is -0.672. The van der Waals surface area contributed by atoms with Gasteiger partial charge in [0, 0.05) is 35.6 Å². The molecule has 0 bridgehead atoms. The van der Waals surface area contributed by atoms with Crippen LogP contribution in [0.5, 0.6) is 11.5 Å². The molecule has 0 N–H and O–H groups in total. The second-order valence-electron chi connectivity index (χ2n) is 11.4.